The molecule has 1 N–H and O–H groups in total. The van der Waals surface area contributed by atoms with Crippen molar-refractivity contribution in [3.05, 3.63) is 35.9 Å². The molecule has 0 spiro atoms. The van der Waals surface area contributed by atoms with Crippen LogP contribution in [0.2, 0.25) is 0 Å². The van der Waals surface area contributed by atoms with Crippen molar-refractivity contribution in [3.8, 4) is 0 Å². The summed E-state index contributed by atoms with van der Waals surface area (Å²) in [5.41, 5.74) is 1.10. The molecular formula is C13H17ClN2O2S. The van der Waals surface area contributed by atoms with Gasteiger partial charge in [-0.05, 0) is 5.56 Å². The van der Waals surface area contributed by atoms with Crippen molar-refractivity contribution in [2.45, 2.75) is 18.2 Å². The average Bonchev–Trinajstić information content (AvgIpc) is 2.95. The minimum atomic E-state index is -1.12. The summed E-state index contributed by atoms with van der Waals surface area (Å²) in [5, 5.41) is -0.00382. The Bertz CT molecular complexity index is 418. The van der Waals surface area contributed by atoms with Crippen molar-refractivity contribution >= 4 is 28.9 Å². The Labute approximate surface area is 121 Å². The lowest BCUT2D eigenvalue weighted by molar-refractivity contribution is -0.127. The molecule has 1 amide bonds. The van der Waals surface area contributed by atoms with Crippen LogP contribution in [0, 0.1) is 0 Å². The maximum atomic E-state index is 12.1. The number of nitrogens with zero attached hydrogens (tertiary/aromatic N) is 1. The number of halogens is 1. The molecule has 4 nitrogen and oxygen atoms in total. The number of carbonyl (C=O) groups excluding carboxylic acids is 1. The van der Waals surface area contributed by atoms with Crippen molar-refractivity contribution in [3.63, 3.8) is 0 Å². The molecule has 1 aliphatic rings. The quantitative estimate of drug-likeness (QED) is 0.658. The number of alkyl halides is 1. The lowest BCUT2D eigenvalue weighted by atomic mass is 10.2. The highest BCUT2D eigenvalue weighted by molar-refractivity contribution is 7.90. The smallest absolute Gasteiger partial charge is 0.237 e. The van der Waals surface area contributed by atoms with E-state index in [9.17, 15) is 9.35 Å². The Kier molecular flexibility index (Phi) is 5.51. The number of carbonyl (C=O) groups is 1. The van der Waals surface area contributed by atoms with Crippen LogP contribution in [0.15, 0.2) is 30.3 Å². The van der Waals surface area contributed by atoms with Crippen LogP contribution in [0.4, 0.5) is 0 Å². The summed E-state index contributed by atoms with van der Waals surface area (Å²) < 4.78 is 15.1. The first-order chi connectivity index (χ1) is 9.20. The fraction of sp³-hybridized carbons (Fsp3) is 0.462. The van der Waals surface area contributed by atoms with Crippen LogP contribution in [0.3, 0.4) is 0 Å². The SMILES string of the molecule is O=C(CCl)N1CCC([S+]([O-])NCc2ccccc2)C1. The average molecular weight is 301 g/mol. The second-order valence-corrected chi connectivity index (χ2v) is 6.31. The predicted molar refractivity (Wildman–Crippen MR) is 77.1 cm³/mol. The minimum Gasteiger partial charge on any atom is -0.598 e. The molecule has 104 valence electrons. The molecule has 0 bridgehead atoms. The summed E-state index contributed by atoms with van der Waals surface area (Å²) in [7, 11) is 0. The van der Waals surface area contributed by atoms with Crippen LogP contribution in [0.25, 0.3) is 0 Å². The van der Waals surface area contributed by atoms with E-state index >= 15 is 0 Å². The van der Waals surface area contributed by atoms with Crippen molar-refractivity contribution in [2.24, 2.45) is 0 Å². The fourth-order valence-electron chi connectivity index (χ4n) is 2.08. The van der Waals surface area contributed by atoms with Gasteiger partial charge in [-0.2, -0.15) is 0 Å². The number of rotatable bonds is 5. The van der Waals surface area contributed by atoms with E-state index < -0.39 is 11.4 Å². The maximum Gasteiger partial charge on any atom is 0.237 e. The zero-order chi connectivity index (χ0) is 13.7. The highest BCUT2D eigenvalue weighted by Gasteiger charge is 2.33. The largest absolute Gasteiger partial charge is 0.598 e. The van der Waals surface area contributed by atoms with E-state index in [0.29, 0.717) is 19.6 Å². The Morgan fingerprint density at radius 1 is 1.47 bits per heavy atom. The molecule has 2 atom stereocenters. The van der Waals surface area contributed by atoms with Gasteiger partial charge in [-0.3, -0.25) is 4.79 Å². The van der Waals surface area contributed by atoms with E-state index in [-0.39, 0.29) is 17.0 Å². The van der Waals surface area contributed by atoms with Crippen molar-refractivity contribution in [2.75, 3.05) is 19.0 Å². The van der Waals surface area contributed by atoms with E-state index in [0.717, 1.165) is 12.0 Å². The number of hydrogen-bond acceptors (Lipinski definition) is 3. The molecule has 1 saturated heterocycles. The molecule has 1 aromatic carbocycles. The molecule has 0 radical (unpaired) electrons. The summed E-state index contributed by atoms with van der Waals surface area (Å²) in [5.74, 6) is -0.0826. The molecule has 1 aliphatic heterocycles. The van der Waals surface area contributed by atoms with Gasteiger partial charge >= 0.3 is 0 Å². The van der Waals surface area contributed by atoms with Gasteiger partial charge in [0.15, 0.2) is 5.25 Å². The van der Waals surface area contributed by atoms with Crippen molar-refractivity contribution < 1.29 is 9.35 Å². The van der Waals surface area contributed by atoms with E-state index in [1.165, 1.54) is 0 Å². The predicted octanol–water partition coefficient (Wildman–Crippen LogP) is 1.28. The monoisotopic (exact) mass is 300 g/mol. The van der Waals surface area contributed by atoms with E-state index in [1.807, 2.05) is 30.3 Å². The molecule has 19 heavy (non-hydrogen) atoms. The van der Waals surface area contributed by atoms with E-state index in [1.54, 1.807) is 4.90 Å². The number of nitrogens with one attached hydrogen (secondary N) is 1. The van der Waals surface area contributed by atoms with Gasteiger partial charge < -0.3 is 9.45 Å². The summed E-state index contributed by atoms with van der Waals surface area (Å²) in [4.78, 5) is 13.1. The molecule has 2 unspecified atom stereocenters. The fourth-order valence-corrected chi connectivity index (χ4v) is 3.43. The van der Waals surface area contributed by atoms with Crippen molar-refractivity contribution in [1.82, 2.24) is 9.62 Å². The normalized spacial score (nSPS) is 20.5. The van der Waals surface area contributed by atoms with Gasteiger partial charge in [-0.1, -0.05) is 30.3 Å². The van der Waals surface area contributed by atoms with Gasteiger partial charge in [-0.25, -0.2) is 0 Å². The molecule has 0 saturated carbocycles. The Morgan fingerprint density at radius 2 is 2.21 bits per heavy atom. The van der Waals surface area contributed by atoms with Gasteiger partial charge in [-0.15, -0.1) is 16.3 Å². The molecule has 1 heterocycles. The molecule has 0 aromatic heterocycles. The zero-order valence-electron chi connectivity index (χ0n) is 10.5. The van der Waals surface area contributed by atoms with Crippen LogP contribution in [0.5, 0.6) is 0 Å². The topological polar surface area (TPSA) is 55.4 Å². The first kappa shape index (κ1) is 14.7. The van der Waals surface area contributed by atoms with E-state index in [4.69, 9.17) is 11.6 Å². The standard InChI is InChI=1S/C13H17ClN2O2S/c14-8-13(17)16-7-6-12(10-16)19(18)15-9-11-4-2-1-3-5-11/h1-5,12,15H,6-10H2. The third-order valence-electron chi connectivity index (χ3n) is 3.18. The molecule has 1 aromatic rings. The van der Waals surface area contributed by atoms with Crippen LogP contribution in [0.1, 0.15) is 12.0 Å². The van der Waals surface area contributed by atoms with Gasteiger partial charge in [0.25, 0.3) is 0 Å². The third kappa shape index (κ3) is 4.11. The van der Waals surface area contributed by atoms with E-state index in [2.05, 4.69) is 4.72 Å². The molecule has 6 heteroatoms. The second-order valence-electron chi connectivity index (χ2n) is 4.49. The summed E-state index contributed by atoms with van der Waals surface area (Å²) >= 11 is 4.40. The van der Waals surface area contributed by atoms with Crippen LogP contribution < -0.4 is 4.72 Å². The van der Waals surface area contributed by atoms with Crippen molar-refractivity contribution in [1.29, 1.82) is 0 Å². The first-order valence-electron chi connectivity index (χ1n) is 6.22. The van der Waals surface area contributed by atoms with Gasteiger partial charge in [0.1, 0.15) is 5.88 Å². The highest BCUT2D eigenvalue weighted by Crippen LogP contribution is 2.17. The Balaban J connectivity index is 1.78. The minimum absolute atomic E-state index is 0.00318. The maximum absolute atomic E-state index is 12.1. The summed E-state index contributed by atoms with van der Waals surface area (Å²) in [6.07, 6.45) is 0.761. The summed E-state index contributed by atoms with van der Waals surface area (Å²) in [6.45, 7) is 1.75. The second kappa shape index (κ2) is 7.14. The molecule has 1 fully saturated rings. The number of amides is 1. The lowest BCUT2D eigenvalue weighted by Gasteiger charge is -2.18. The van der Waals surface area contributed by atoms with Crippen LogP contribution in [-0.4, -0.2) is 39.6 Å². The van der Waals surface area contributed by atoms with Crippen LogP contribution in [-0.2, 0) is 22.7 Å². The Morgan fingerprint density at radius 3 is 2.89 bits per heavy atom. The zero-order valence-corrected chi connectivity index (χ0v) is 12.1. The molecule has 2 rings (SSSR count). The first-order valence-corrected chi connectivity index (χ1v) is 7.97. The number of likely N-dealkylation sites (tertiary alicyclic amines) is 1. The van der Waals surface area contributed by atoms with Gasteiger partial charge in [0.2, 0.25) is 5.91 Å². The van der Waals surface area contributed by atoms with Crippen LogP contribution >= 0.6 is 11.6 Å². The summed E-state index contributed by atoms with van der Waals surface area (Å²) in [6, 6.07) is 9.84. The third-order valence-corrected chi connectivity index (χ3v) is 4.82. The molecular weight excluding hydrogens is 284 g/mol. The number of hydrogen-bond donors (Lipinski definition) is 1. The molecule has 0 aliphatic carbocycles. The highest BCUT2D eigenvalue weighted by atomic mass is 35.5. The Hall–Kier alpha value is -0.750. The number of benzene rings is 1. The van der Waals surface area contributed by atoms with Gasteiger partial charge in [0, 0.05) is 24.3 Å². The lowest BCUT2D eigenvalue weighted by Crippen LogP contribution is -2.37. The van der Waals surface area contributed by atoms with Gasteiger partial charge in [0.05, 0.1) is 13.1 Å².